The number of aliphatic carboxylic acids is 1. The molecule has 1 atom stereocenters. The number of ether oxygens (including phenoxy) is 2. The third kappa shape index (κ3) is 4.80. The predicted molar refractivity (Wildman–Crippen MR) is 76.7 cm³/mol. The molecule has 0 spiro atoms. The largest absolute Gasteiger partial charge is 0.493 e. The number of nitrogens with one attached hydrogen (secondary N) is 2. The van der Waals surface area contributed by atoms with Crippen LogP contribution in [0.5, 0.6) is 11.5 Å². The molecule has 0 aliphatic heterocycles. The summed E-state index contributed by atoms with van der Waals surface area (Å²) in [5, 5.41) is 13.4. The van der Waals surface area contributed by atoms with Crippen molar-refractivity contribution < 1.29 is 28.6 Å². The fourth-order valence-electron chi connectivity index (χ4n) is 1.81. The van der Waals surface area contributed by atoms with Crippen LogP contribution in [0.2, 0.25) is 0 Å². The number of carboxylic acid groups (broad SMARTS) is 1. The van der Waals surface area contributed by atoms with Crippen LogP contribution in [0.25, 0.3) is 0 Å². The summed E-state index contributed by atoms with van der Waals surface area (Å²) in [6, 6.07) is 1.40. The van der Waals surface area contributed by atoms with Crippen molar-refractivity contribution in [3.8, 4) is 11.5 Å². The molecular formula is C14H19FN2O5. The van der Waals surface area contributed by atoms with Crippen LogP contribution in [0.4, 0.5) is 9.18 Å². The SMILES string of the molecule is COc1cc(F)c(C(C)NC(=O)NCCC(=O)O)cc1OC. The number of hydrogen-bond donors (Lipinski definition) is 3. The minimum Gasteiger partial charge on any atom is -0.493 e. The van der Waals surface area contributed by atoms with Gasteiger partial charge < -0.3 is 25.2 Å². The highest BCUT2D eigenvalue weighted by Gasteiger charge is 2.17. The minimum absolute atomic E-state index is 0.0116. The van der Waals surface area contributed by atoms with Gasteiger partial charge in [-0.15, -0.1) is 0 Å². The van der Waals surface area contributed by atoms with Crippen molar-refractivity contribution in [2.75, 3.05) is 20.8 Å². The predicted octanol–water partition coefficient (Wildman–Crippen LogP) is 1.68. The van der Waals surface area contributed by atoms with E-state index >= 15 is 0 Å². The Labute approximate surface area is 127 Å². The molecule has 22 heavy (non-hydrogen) atoms. The van der Waals surface area contributed by atoms with Crippen LogP contribution < -0.4 is 20.1 Å². The quantitative estimate of drug-likeness (QED) is 0.711. The van der Waals surface area contributed by atoms with Crippen LogP contribution in [0, 0.1) is 5.82 Å². The van der Waals surface area contributed by atoms with Crippen LogP contribution in [-0.2, 0) is 4.79 Å². The number of amides is 2. The zero-order chi connectivity index (χ0) is 16.7. The van der Waals surface area contributed by atoms with Crippen LogP contribution in [0.15, 0.2) is 12.1 Å². The Hall–Kier alpha value is -2.51. The van der Waals surface area contributed by atoms with E-state index in [0.717, 1.165) is 0 Å². The molecule has 0 heterocycles. The molecule has 0 saturated carbocycles. The summed E-state index contributed by atoms with van der Waals surface area (Å²) in [5.74, 6) is -0.962. The van der Waals surface area contributed by atoms with Crippen molar-refractivity contribution in [1.82, 2.24) is 10.6 Å². The molecule has 0 saturated heterocycles. The topological polar surface area (TPSA) is 96.9 Å². The number of methoxy groups -OCH3 is 2. The fourth-order valence-corrected chi connectivity index (χ4v) is 1.81. The lowest BCUT2D eigenvalue weighted by Gasteiger charge is -2.17. The molecule has 2 amide bonds. The molecule has 122 valence electrons. The van der Waals surface area contributed by atoms with Gasteiger partial charge in [-0.2, -0.15) is 0 Å². The number of halogens is 1. The van der Waals surface area contributed by atoms with Gasteiger partial charge >= 0.3 is 12.0 Å². The van der Waals surface area contributed by atoms with Crippen LogP contribution >= 0.6 is 0 Å². The van der Waals surface area contributed by atoms with Gasteiger partial charge in [0.25, 0.3) is 0 Å². The van der Waals surface area contributed by atoms with Crippen LogP contribution in [0.1, 0.15) is 24.9 Å². The Morgan fingerprint density at radius 1 is 1.27 bits per heavy atom. The van der Waals surface area contributed by atoms with Crippen LogP contribution in [-0.4, -0.2) is 37.9 Å². The Morgan fingerprint density at radius 2 is 1.86 bits per heavy atom. The van der Waals surface area contributed by atoms with E-state index in [1.165, 1.54) is 26.4 Å². The maximum atomic E-state index is 14.0. The zero-order valence-corrected chi connectivity index (χ0v) is 12.6. The molecular weight excluding hydrogens is 295 g/mol. The normalized spacial score (nSPS) is 11.5. The van der Waals surface area contributed by atoms with Gasteiger partial charge in [0.2, 0.25) is 0 Å². The molecule has 0 fully saturated rings. The van der Waals surface area contributed by atoms with E-state index in [0.29, 0.717) is 5.75 Å². The van der Waals surface area contributed by atoms with Crippen molar-refractivity contribution in [3.63, 3.8) is 0 Å². The smallest absolute Gasteiger partial charge is 0.315 e. The second-order valence-electron chi connectivity index (χ2n) is 4.49. The minimum atomic E-state index is -1.01. The van der Waals surface area contributed by atoms with Gasteiger partial charge in [0.1, 0.15) is 5.82 Å². The van der Waals surface area contributed by atoms with E-state index < -0.39 is 23.9 Å². The van der Waals surface area contributed by atoms with E-state index in [1.54, 1.807) is 6.92 Å². The summed E-state index contributed by atoms with van der Waals surface area (Å²) in [6.45, 7) is 1.59. The number of rotatable bonds is 7. The molecule has 0 radical (unpaired) electrons. The molecule has 7 nitrogen and oxygen atoms in total. The van der Waals surface area contributed by atoms with Crippen molar-refractivity contribution in [3.05, 3.63) is 23.5 Å². The molecule has 1 aromatic rings. The highest BCUT2D eigenvalue weighted by molar-refractivity contribution is 5.75. The Bertz CT molecular complexity index is 550. The number of carbonyl (C=O) groups is 2. The van der Waals surface area contributed by atoms with E-state index in [1.807, 2.05) is 0 Å². The second kappa shape index (κ2) is 8.06. The first kappa shape index (κ1) is 17.5. The summed E-state index contributed by atoms with van der Waals surface area (Å²) in [7, 11) is 2.82. The standard InChI is InChI=1S/C14H19FN2O5/c1-8(17-14(20)16-5-4-13(18)19)9-6-11(21-2)12(22-3)7-10(9)15/h6-8H,4-5H2,1-3H3,(H,18,19)(H2,16,17,20). The maximum absolute atomic E-state index is 14.0. The van der Waals surface area contributed by atoms with Gasteiger partial charge in [-0.25, -0.2) is 9.18 Å². The fraction of sp³-hybridized carbons (Fsp3) is 0.429. The molecule has 0 aromatic heterocycles. The van der Waals surface area contributed by atoms with Crippen molar-refractivity contribution in [1.29, 1.82) is 0 Å². The molecule has 0 aliphatic carbocycles. The third-order valence-electron chi connectivity index (χ3n) is 2.94. The summed E-state index contributed by atoms with van der Waals surface area (Å²) >= 11 is 0. The lowest BCUT2D eigenvalue weighted by Crippen LogP contribution is -2.38. The first-order valence-corrected chi connectivity index (χ1v) is 6.56. The monoisotopic (exact) mass is 314 g/mol. The summed E-state index contributed by atoms with van der Waals surface area (Å²) in [4.78, 5) is 22.0. The van der Waals surface area contributed by atoms with Gasteiger partial charge in [-0.05, 0) is 13.0 Å². The number of urea groups is 1. The Morgan fingerprint density at radius 3 is 2.41 bits per heavy atom. The number of carboxylic acids is 1. The Kier molecular flexibility index (Phi) is 6.43. The summed E-state index contributed by atoms with van der Waals surface area (Å²) in [6.07, 6.45) is -0.188. The average molecular weight is 314 g/mol. The van der Waals surface area contributed by atoms with Gasteiger partial charge in [-0.1, -0.05) is 0 Å². The van der Waals surface area contributed by atoms with E-state index in [9.17, 15) is 14.0 Å². The lowest BCUT2D eigenvalue weighted by atomic mass is 10.1. The molecule has 8 heteroatoms. The van der Waals surface area contributed by atoms with Gasteiger partial charge in [0.05, 0.1) is 26.7 Å². The number of hydrogen-bond acceptors (Lipinski definition) is 4. The number of carbonyl (C=O) groups excluding carboxylic acids is 1. The van der Waals surface area contributed by atoms with E-state index in [-0.39, 0.29) is 24.3 Å². The Balaban J connectivity index is 2.74. The van der Waals surface area contributed by atoms with Crippen molar-refractivity contribution in [2.45, 2.75) is 19.4 Å². The average Bonchev–Trinajstić information content (AvgIpc) is 2.46. The number of benzene rings is 1. The summed E-state index contributed by atoms with van der Waals surface area (Å²) in [5.41, 5.74) is 0.228. The van der Waals surface area contributed by atoms with Crippen molar-refractivity contribution in [2.24, 2.45) is 0 Å². The first-order valence-electron chi connectivity index (χ1n) is 6.56. The lowest BCUT2D eigenvalue weighted by molar-refractivity contribution is -0.136. The summed E-state index contributed by atoms with van der Waals surface area (Å²) < 4.78 is 24.1. The molecule has 0 aliphatic rings. The van der Waals surface area contributed by atoms with E-state index in [4.69, 9.17) is 14.6 Å². The highest BCUT2D eigenvalue weighted by atomic mass is 19.1. The van der Waals surface area contributed by atoms with Crippen molar-refractivity contribution >= 4 is 12.0 Å². The van der Waals surface area contributed by atoms with Gasteiger partial charge in [0.15, 0.2) is 11.5 Å². The molecule has 0 bridgehead atoms. The van der Waals surface area contributed by atoms with E-state index in [2.05, 4.69) is 10.6 Å². The van der Waals surface area contributed by atoms with Crippen LogP contribution in [0.3, 0.4) is 0 Å². The van der Waals surface area contributed by atoms with Gasteiger partial charge in [-0.3, -0.25) is 4.79 Å². The van der Waals surface area contributed by atoms with Gasteiger partial charge in [0, 0.05) is 18.2 Å². The molecule has 3 N–H and O–H groups in total. The third-order valence-corrected chi connectivity index (χ3v) is 2.94. The molecule has 1 rings (SSSR count). The molecule has 1 unspecified atom stereocenters. The maximum Gasteiger partial charge on any atom is 0.315 e. The second-order valence-corrected chi connectivity index (χ2v) is 4.49. The first-order chi connectivity index (χ1) is 10.4. The molecule has 1 aromatic carbocycles. The highest BCUT2D eigenvalue weighted by Crippen LogP contribution is 2.32. The zero-order valence-electron chi connectivity index (χ0n) is 12.6.